The van der Waals surface area contributed by atoms with Crippen molar-refractivity contribution in [3.63, 3.8) is 0 Å². The first-order valence-electron chi connectivity index (χ1n) is 8.91. The Bertz CT molecular complexity index is 844. The normalized spacial score (nSPS) is 17.5. The molecule has 6 heteroatoms. The predicted octanol–water partition coefficient (Wildman–Crippen LogP) is 3.19. The third kappa shape index (κ3) is 3.60. The summed E-state index contributed by atoms with van der Waals surface area (Å²) in [5.74, 6) is 1.64. The lowest BCUT2D eigenvalue weighted by Gasteiger charge is -2.14. The van der Waals surface area contributed by atoms with E-state index in [1.54, 1.807) is 0 Å². The van der Waals surface area contributed by atoms with Crippen molar-refractivity contribution < 1.29 is 4.42 Å². The van der Waals surface area contributed by atoms with Gasteiger partial charge in [0.15, 0.2) is 0 Å². The molecule has 0 bridgehead atoms. The fourth-order valence-electron chi connectivity index (χ4n) is 3.34. The van der Waals surface area contributed by atoms with E-state index < -0.39 is 0 Å². The minimum atomic E-state index is 0.305. The Hall–Kier alpha value is -2.73. The van der Waals surface area contributed by atoms with E-state index in [1.165, 1.54) is 5.56 Å². The van der Waals surface area contributed by atoms with Gasteiger partial charge in [-0.15, -0.1) is 10.2 Å². The van der Waals surface area contributed by atoms with Crippen molar-refractivity contribution >= 4 is 5.69 Å². The Morgan fingerprint density at radius 2 is 1.85 bits per heavy atom. The molecular weight excluding hydrogens is 326 g/mol. The molecular formula is C20H23N5O. The van der Waals surface area contributed by atoms with Crippen LogP contribution in [0.1, 0.15) is 23.8 Å². The highest BCUT2D eigenvalue weighted by Gasteiger charge is 2.28. The summed E-state index contributed by atoms with van der Waals surface area (Å²) in [7, 11) is 4.05. The minimum Gasteiger partial charge on any atom is -0.420 e. The predicted molar refractivity (Wildman–Crippen MR) is 101 cm³/mol. The number of pyridine rings is 1. The van der Waals surface area contributed by atoms with Gasteiger partial charge in [0.1, 0.15) is 0 Å². The highest BCUT2D eigenvalue weighted by atomic mass is 16.4. The first kappa shape index (κ1) is 16.7. The van der Waals surface area contributed by atoms with Crippen LogP contribution in [0, 0.1) is 0 Å². The topological polar surface area (TPSA) is 58.3 Å². The molecule has 1 atom stereocenters. The summed E-state index contributed by atoms with van der Waals surface area (Å²) in [6, 6.07) is 12.3. The lowest BCUT2D eigenvalue weighted by Crippen LogP contribution is -2.19. The molecule has 2 aromatic heterocycles. The molecule has 1 saturated heterocycles. The van der Waals surface area contributed by atoms with Gasteiger partial charge in [-0.3, -0.25) is 9.88 Å². The van der Waals surface area contributed by atoms with Gasteiger partial charge in [0.2, 0.25) is 11.8 Å². The highest BCUT2D eigenvalue weighted by molar-refractivity contribution is 5.58. The third-order valence-electron chi connectivity index (χ3n) is 4.85. The Labute approximate surface area is 153 Å². The quantitative estimate of drug-likeness (QED) is 0.705. The van der Waals surface area contributed by atoms with Crippen LogP contribution in [0.15, 0.2) is 53.2 Å². The van der Waals surface area contributed by atoms with Crippen LogP contribution in [-0.2, 0) is 6.54 Å². The first-order chi connectivity index (χ1) is 12.7. The molecule has 1 aliphatic heterocycles. The molecule has 0 N–H and O–H groups in total. The number of nitrogens with zero attached hydrogens (tertiary/aromatic N) is 5. The molecule has 1 unspecified atom stereocenters. The largest absolute Gasteiger partial charge is 0.420 e. The smallest absolute Gasteiger partial charge is 0.247 e. The second-order valence-electron chi connectivity index (χ2n) is 6.96. The molecule has 6 nitrogen and oxygen atoms in total. The van der Waals surface area contributed by atoms with Gasteiger partial charge in [0.05, 0.1) is 5.92 Å². The van der Waals surface area contributed by atoms with E-state index in [-0.39, 0.29) is 0 Å². The number of anilines is 1. The zero-order valence-electron chi connectivity index (χ0n) is 15.2. The summed E-state index contributed by atoms with van der Waals surface area (Å²) in [4.78, 5) is 8.57. The van der Waals surface area contributed by atoms with Gasteiger partial charge in [-0.25, -0.2) is 0 Å². The van der Waals surface area contributed by atoms with E-state index >= 15 is 0 Å². The maximum absolute atomic E-state index is 5.98. The fraction of sp³-hybridized carbons (Fsp3) is 0.350. The maximum atomic E-state index is 5.98. The molecule has 0 radical (unpaired) electrons. The molecule has 3 aromatic rings. The van der Waals surface area contributed by atoms with E-state index in [4.69, 9.17) is 4.42 Å². The van der Waals surface area contributed by atoms with E-state index in [9.17, 15) is 0 Å². The van der Waals surface area contributed by atoms with E-state index in [0.29, 0.717) is 11.8 Å². The van der Waals surface area contributed by atoms with Gasteiger partial charge in [-0.1, -0.05) is 0 Å². The second kappa shape index (κ2) is 7.25. The Morgan fingerprint density at radius 1 is 1.08 bits per heavy atom. The van der Waals surface area contributed by atoms with Crippen molar-refractivity contribution in [3.05, 3.63) is 60.2 Å². The Kier molecular flexibility index (Phi) is 4.67. The van der Waals surface area contributed by atoms with Crippen LogP contribution in [-0.4, -0.2) is 47.3 Å². The molecule has 0 spiro atoms. The van der Waals surface area contributed by atoms with E-state index in [0.717, 1.165) is 43.2 Å². The van der Waals surface area contributed by atoms with Gasteiger partial charge in [0, 0.05) is 50.8 Å². The van der Waals surface area contributed by atoms with Gasteiger partial charge in [-0.2, -0.15) is 0 Å². The fourth-order valence-corrected chi connectivity index (χ4v) is 3.34. The van der Waals surface area contributed by atoms with Crippen LogP contribution in [0.3, 0.4) is 0 Å². The molecule has 134 valence electrons. The van der Waals surface area contributed by atoms with Crippen molar-refractivity contribution in [2.45, 2.75) is 18.9 Å². The number of aromatic nitrogens is 3. The van der Waals surface area contributed by atoms with Crippen LogP contribution in [0.4, 0.5) is 5.69 Å². The molecule has 0 aliphatic carbocycles. The summed E-state index contributed by atoms with van der Waals surface area (Å²) in [5, 5.41) is 8.57. The van der Waals surface area contributed by atoms with Crippen LogP contribution >= 0.6 is 0 Å². The summed E-state index contributed by atoms with van der Waals surface area (Å²) >= 11 is 0. The average molecular weight is 349 g/mol. The van der Waals surface area contributed by atoms with Crippen molar-refractivity contribution in [2.75, 3.05) is 32.1 Å². The SMILES string of the molecule is CN(C)c1ccc(-c2nnc(C3CCN(Cc4ccncc4)C3)o2)cc1. The molecule has 4 rings (SSSR count). The van der Waals surface area contributed by atoms with Gasteiger partial charge in [-0.05, 0) is 54.9 Å². The lowest BCUT2D eigenvalue weighted by atomic mass is 10.1. The van der Waals surface area contributed by atoms with Crippen molar-refractivity contribution in [1.82, 2.24) is 20.1 Å². The molecule has 26 heavy (non-hydrogen) atoms. The number of hydrogen-bond donors (Lipinski definition) is 0. The van der Waals surface area contributed by atoms with Crippen LogP contribution < -0.4 is 4.90 Å². The number of likely N-dealkylation sites (tertiary alicyclic amines) is 1. The van der Waals surface area contributed by atoms with Crippen LogP contribution in [0.2, 0.25) is 0 Å². The van der Waals surface area contributed by atoms with Gasteiger partial charge < -0.3 is 9.32 Å². The third-order valence-corrected chi connectivity index (χ3v) is 4.85. The van der Waals surface area contributed by atoms with Gasteiger partial charge >= 0.3 is 0 Å². The molecule has 1 aliphatic rings. The summed E-state index contributed by atoms with van der Waals surface area (Å²) in [6.07, 6.45) is 4.73. The molecule has 3 heterocycles. The molecule has 0 saturated carbocycles. The number of benzene rings is 1. The lowest BCUT2D eigenvalue weighted by molar-refractivity contribution is 0.320. The van der Waals surface area contributed by atoms with Crippen molar-refractivity contribution in [1.29, 1.82) is 0 Å². The zero-order chi connectivity index (χ0) is 17.9. The first-order valence-corrected chi connectivity index (χ1v) is 8.91. The standard InChI is InChI=1S/C20H23N5O/c1-24(2)18-5-3-16(4-6-18)19-22-23-20(26-19)17-9-12-25(14-17)13-15-7-10-21-11-8-15/h3-8,10-11,17H,9,12-14H2,1-2H3. The highest BCUT2D eigenvalue weighted by Crippen LogP contribution is 2.29. The monoisotopic (exact) mass is 349 g/mol. The summed E-state index contributed by atoms with van der Waals surface area (Å²) < 4.78 is 5.98. The molecule has 0 amide bonds. The molecule has 1 fully saturated rings. The minimum absolute atomic E-state index is 0.305. The Morgan fingerprint density at radius 3 is 2.58 bits per heavy atom. The Balaban J connectivity index is 1.42. The van der Waals surface area contributed by atoms with Crippen molar-refractivity contribution in [3.8, 4) is 11.5 Å². The van der Waals surface area contributed by atoms with Crippen LogP contribution in [0.5, 0.6) is 0 Å². The summed E-state index contributed by atoms with van der Waals surface area (Å²) in [5.41, 5.74) is 3.39. The van der Waals surface area contributed by atoms with Crippen molar-refractivity contribution in [2.24, 2.45) is 0 Å². The zero-order valence-corrected chi connectivity index (χ0v) is 15.2. The van der Waals surface area contributed by atoms with Crippen LogP contribution in [0.25, 0.3) is 11.5 Å². The number of rotatable bonds is 5. The second-order valence-corrected chi connectivity index (χ2v) is 6.96. The van der Waals surface area contributed by atoms with Gasteiger partial charge in [0.25, 0.3) is 0 Å². The molecule has 1 aromatic carbocycles. The van der Waals surface area contributed by atoms with E-state index in [1.807, 2.05) is 38.6 Å². The van der Waals surface area contributed by atoms with E-state index in [2.05, 4.69) is 49.2 Å². The number of hydrogen-bond acceptors (Lipinski definition) is 6. The maximum Gasteiger partial charge on any atom is 0.247 e. The summed E-state index contributed by atoms with van der Waals surface area (Å²) in [6.45, 7) is 2.93. The average Bonchev–Trinajstić information content (AvgIpc) is 3.32.